The van der Waals surface area contributed by atoms with Crippen LogP contribution in [0.4, 0.5) is 0 Å². The first-order chi connectivity index (χ1) is 5.33. The van der Waals surface area contributed by atoms with Crippen molar-refractivity contribution in [2.45, 2.75) is 6.92 Å². The number of amides is 1. The van der Waals surface area contributed by atoms with Crippen LogP contribution in [-0.2, 0) is 4.79 Å². The lowest BCUT2D eigenvalue weighted by molar-refractivity contribution is -0.124. The molecule has 0 aromatic carbocycles. The number of nitrogens with zero attached hydrogens (tertiary/aromatic N) is 1. The average Bonchev–Trinajstić information content (AvgIpc) is 2.08. The highest BCUT2D eigenvalue weighted by molar-refractivity contribution is 5.78. The lowest BCUT2D eigenvalue weighted by Gasteiger charge is -2.24. The third-order valence-corrected chi connectivity index (χ3v) is 1.56. The van der Waals surface area contributed by atoms with Crippen molar-refractivity contribution in [3.05, 3.63) is 0 Å². The van der Waals surface area contributed by atoms with Crippen LogP contribution in [-0.4, -0.2) is 44.0 Å². The third-order valence-electron chi connectivity index (χ3n) is 1.56. The van der Waals surface area contributed by atoms with Crippen LogP contribution in [0.1, 0.15) is 6.92 Å². The lowest BCUT2D eigenvalue weighted by Crippen LogP contribution is -2.47. The van der Waals surface area contributed by atoms with Crippen LogP contribution in [0, 0.1) is 0 Å². The van der Waals surface area contributed by atoms with Gasteiger partial charge in [-0.05, 0) is 13.6 Å². The van der Waals surface area contributed by atoms with Gasteiger partial charge in [0.2, 0.25) is 5.91 Å². The molecule has 66 valence electrons. The molecule has 0 radical (unpaired) electrons. The van der Waals surface area contributed by atoms with E-state index in [0.29, 0.717) is 6.54 Å². The fraction of sp³-hybridized carbons (Fsp3) is 0.857. The molecule has 0 aromatic rings. The molecular formula is C7H17N3O. The van der Waals surface area contributed by atoms with Crippen molar-refractivity contribution in [2.75, 3.05) is 33.2 Å². The zero-order chi connectivity index (χ0) is 8.69. The zero-order valence-electron chi connectivity index (χ0n) is 7.26. The van der Waals surface area contributed by atoms with Crippen LogP contribution in [0.5, 0.6) is 0 Å². The molecule has 0 aliphatic carbocycles. The van der Waals surface area contributed by atoms with Crippen molar-refractivity contribution in [3.63, 3.8) is 0 Å². The monoisotopic (exact) mass is 159 g/mol. The molecule has 1 aliphatic rings. The summed E-state index contributed by atoms with van der Waals surface area (Å²) in [5, 5.41) is 2.77. The molecule has 1 aliphatic heterocycles. The first kappa shape index (κ1) is 10.4. The molecular weight excluding hydrogens is 142 g/mol. The predicted octanol–water partition coefficient (Wildman–Crippen LogP) is -0.987. The number of nitrogens with one attached hydrogen (secondary N) is 1. The minimum atomic E-state index is 0.156. The molecule has 0 bridgehead atoms. The number of hydrogen-bond donors (Lipinski definition) is 2. The normalized spacial score (nSPS) is 18.3. The maximum absolute atomic E-state index is 10.7. The van der Waals surface area contributed by atoms with E-state index in [-0.39, 0.29) is 5.91 Å². The number of carbonyl (C=O) groups excluding carboxylic acids is 1. The van der Waals surface area contributed by atoms with E-state index in [1.807, 2.05) is 0 Å². The van der Waals surface area contributed by atoms with E-state index < -0.39 is 0 Å². The predicted molar refractivity (Wildman–Crippen MR) is 45.2 cm³/mol. The topological polar surface area (TPSA) is 58.4 Å². The Bertz CT molecular complexity index is 116. The summed E-state index contributed by atoms with van der Waals surface area (Å²) >= 11 is 0. The Kier molecular flexibility index (Phi) is 5.78. The first-order valence-corrected chi connectivity index (χ1v) is 3.89. The quantitative estimate of drug-likeness (QED) is 0.516. The molecule has 1 rings (SSSR count). The zero-order valence-corrected chi connectivity index (χ0v) is 7.26. The van der Waals surface area contributed by atoms with Gasteiger partial charge in [0, 0.05) is 13.1 Å². The van der Waals surface area contributed by atoms with Crippen LogP contribution >= 0.6 is 0 Å². The number of rotatable bonds is 1. The van der Waals surface area contributed by atoms with Gasteiger partial charge in [-0.1, -0.05) is 6.92 Å². The highest BCUT2D eigenvalue weighted by Gasteiger charge is 2.12. The van der Waals surface area contributed by atoms with Gasteiger partial charge in [-0.25, -0.2) is 0 Å². The van der Waals surface area contributed by atoms with Crippen molar-refractivity contribution in [3.8, 4) is 0 Å². The summed E-state index contributed by atoms with van der Waals surface area (Å²) in [6.07, 6.45) is 0. The minimum Gasteiger partial charge on any atom is -0.354 e. The smallest absolute Gasteiger partial charge is 0.234 e. The van der Waals surface area contributed by atoms with Gasteiger partial charge in [-0.15, -0.1) is 0 Å². The Morgan fingerprint density at radius 2 is 2.27 bits per heavy atom. The average molecular weight is 159 g/mol. The molecule has 4 nitrogen and oxygen atoms in total. The minimum absolute atomic E-state index is 0.156. The fourth-order valence-electron chi connectivity index (χ4n) is 0.961. The Morgan fingerprint density at radius 3 is 2.64 bits per heavy atom. The van der Waals surface area contributed by atoms with Gasteiger partial charge in [-0.2, -0.15) is 0 Å². The van der Waals surface area contributed by atoms with Gasteiger partial charge in [0.1, 0.15) is 0 Å². The molecule has 1 heterocycles. The van der Waals surface area contributed by atoms with Crippen LogP contribution in [0.3, 0.4) is 0 Å². The number of nitrogens with two attached hydrogens (primary N) is 1. The Hall–Kier alpha value is -0.610. The number of piperazine rings is 1. The van der Waals surface area contributed by atoms with Crippen molar-refractivity contribution in [2.24, 2.45) is 5.73 Å². The molecule has 4 heteroatoms. The molecule has 1 amide bonds. The van der Waals surface area contributed by atoms with E-state index in [1.165, 1.54) is 7.05 Å². The van der Waals surface area contributed by atoms with Gasteiger partial charge >= 0.3 is 0 Å². The second-order valence-electron chi connectivity index (χ2n) is 2.22. The van der Waals surface area contributed by atoms with Crippen molar-refractivity contribution in [1.82, 2.24) is 10.2 Å². The van der Waals surface area contributed by atoms with E-state index in [1.54, 1.807) is 0 Å². The van der Waals surface area contributed by atoms with Crippen LogP contribution in [0.25, 0.3) is 0 Å². The standard InChI is InChI=1S/C6H12N2O.CH5N/c1-2-8-4-3-7-6(9)5-8;1-2/h2-5H2,1H3,(H,7,9);2H2,1H3. The van der Waals surface area contributed by atoms with Crippen LogP contribution in [0.2, 0.25) is 0 Å². The van der Waals surface area contributed by atoms with E-state index in [2.05, 4.69) is 22.9 Å². The summed E-state index contributed by atoms with van der Waals surface area (Å²) in [6.45, 7) is 5.44. The Balaban J connectivity index is 0.000000461. The summed E-state index contributed by atoms with van der Waals surface area (Å²) in [5.74, 6) is 0.156. The third kappa shape index (κ3) is 3.95. The van der Waals surface area contributed by atoms with Crippen molar-refractivity contribution in [1.29, 1.82) is 0 Å². The maximum atomic E-state index is 10.7. The molecule has 0 unspecified atom stereocenters. The van der Waals surface area contributed by atoms with Crippen LogP contribution in [0.15, 0.2) is 0 Å². The number of hydrogen-bond acceptors (Lipinski definition) is 3. The largest absolute Gasteiger partial charge is 0.354 e. The Labute approximate surface area is 67.7 Å². The summed E-state index contributed by atoms with van der Waals surface area (Å²) in [7, 11) is 1.50. The van der Waals surface area contributed by atoms with E-state index in [0.717, 1.165) is 19.6 Å². The van der Waals surface area contributed by atoms with Gasteiger partial charge in [0.15, 0.2) is 0 Å². The molecule has 0 spiro atoms. The van der Waals surface area contributed by atoms with Gasteiger partial charge in [0.25, 0.3) is 0 Å². The molecule has 0 aromatic heterocycles. The SMILES string of the molecule is CCN1CCNC(=O)C1.CN. The fourth-order valence-corrected chi connectivity index (χ4v) is 0.961. The van der Waals surface area contributed by atoms with Gasteiger partial charge < -0.3 is 11.1 Å². The maximum Gasteiger partial charge on any atom is 0.234 e. The Morgan fingerprint density at radius 1 is 1.64 bits per heavy atom. The van der Waals surface area contributed by atoms with Crippen molar-refractivity contribution >= 4 is 5.91 Å². The molecule has 0 atom stereocenters. The van der Waals surface area contributed by atoms with Gasteiger partial charge in [-0.3, -0.25) is 9.69 Å². The highest BCUT2D eigenvalue weighted by atomic mass is 16.2. The number of carbonyl (C=O) groups is 1. The van der Waals surface area contributed by atoms with E-state index in [4.69, 9.17) is 0 Å². The van der Waals surface area contributed by atoms with Crippen molar-refractivity contribution < 1.29 is 4.79 Å². The summed E-state index contributed by atoms with van der Waals surface area (Å²) in [5.41, 5.74) is 4.50. The van der Waals surface area contributed by atoms with Crippen LogP contribution < -0.4 is 11.1 Å². The summed E-state index contributed by atoms with van der Waals surface area (Å²) in [4.78, 5) is 12.8. The first-order valence-electron chi connectivity index (χ1n) is 3.89. The van der Waals surface area contributed by atoms with E-state index in [9.17, 15) is 4.79 Å². The molecule has 3 N–H and O–H groups in total. The summed E-state index contributed by atoms with van der Waals surface area (Å²) in [6, 6.07) is 0. The summed E-state index contributed by atoms with van der Waals surface area (Å²) < 4.78 is 0. The van der Waals surface area contributed by atoms with E-state index >= 15 is 0 Å². The molecule has 11 heavy (non-hydrogen) atoms. The second kappa shape index (κ2) is 6.12. The highest BCUT2D eigenvalue weighted by Crippen LogP contribution is 1.90. The molecule has 1 saturated heterocycles. The number of likely N-dealkylation sites (N-methyl/N-ethyl adjacent to an activating group) is 1. The second-order valence-corrected chi connectivity index (χ2v) is 2.22. The lowest BCUT2D eigenvalue weighted by atomic mass is 10.3. The van der Waals surface area contributed by atoms with Gasteiger partial charge in [0.05, 0.1) is 6.54 Å². The molecule has 1 fully saturated rings. The molecule has 0 saturated carbocycles.